The first-order valence-electron chi connectivity index (χ1n) is 6.72. The van der Waals surface area contributed by atoms with E-state index in [1.54, 1.807) is 0 Å². The Morgan fingerprint density at radius 1 is 1.32 bits per heavy atom. The molecular weight excluding hydrogens is 299 g/mol. The van der Waals surface area contributed by atoms with Crippen molar-refractivity contribution < 1.29 is 27.8 Å². The minimum atomic E-state index is -4.56. The maximum atomic E-state index is 12.9. The van der Waals surface area contributed by atoms with Crippen molar-refractivity contribution >= 4 is 5.91 Å². The number of halogens is 3. The highest BCUT2D eigenvalue weighted by Gasteiger charge is 2.35. The molecule has 1 aromatic carbocycles. The van der Waals surface area contributed by atoms with Crippen LogP contribution in [-0.4, -0.2) is 41.2 Å². The molecule has 1 unspecified atom stereocenters. The molecule has 1 aromatic rings. The number of rotatable bonds is 5. The predicted octanol–water partition coefficient (Wildman–Crippen LogP) is 2.70. The summed E-state index contributed by atoms with van der Waals surface area (Å²) in [5.41, 5.74) is -2.03. The largest absolute Gasteiger partial charge is 0.480 e. The van der Waals surface area contributed by atoms with Gasteiger partial charge >= 0.3 is 6.18 Å². The van der Waals surface area contributed by atoms with Crippen LogP contribution in [0.25, 0.3) is 0 Å². The smallest absolute Gasteiger partial charge is 0.419 e. The van der Waals surface area contributed by atoms with Crippen LogP contribution in [0.4, 0.5) is 13.2 Å². The zero-order valence-corrected chi connectivity index (χ0v) is 12.9. The Morgan fingerprint density at radius 2 is 1.86 bits per heavy atom. The molecule has 1 rings (SSSR count). The lowest BCUT2D eigenvalue weighted by molar-refractivity contribution is -0.144. The van der Waals surface area contributed by atoms with Gasteiger partial charge < -0.3 is 14.7 Å². The summed E-state index contributed by atoms with van der Waals surface area (Å²) in [6, 6.07) is 4.72. The molecule has 1 amide bonds. The summed E-state index contributed by atoms with van der Waals surface area (Å²) < 4.78 is 43.8. The van der Waals surface area contributed by atoms with Gasteiger partial charge in [0.05, 0.1) is 11.2 Å². The Morgan fingerprint density at radius 3 is 2.36 bits per heavy atom. The summed E-state index contributed by atoms with van der Waals surface area (Å²) >= 11 is 0. The number of ether oxygens (including phenoxy) is 1. The van der Waals surface area contributed by atoms with Crippen molar-refractivity contribution in [3.63, 3.8) is 0 Å². The molecule has 0 aromatic heterocycles. The van der Waals surface area contributed by atoms with Gasteiger partial charge in [-0.05, 0) is 32.9 Å². The van der Waals surface area contributed by atoms with Crippen LogP contribution in [-0.2, 0) is 11.0 Å². The number of benzene rings is 1. The Bertz CT molecular complexity index is 523. The highest BCUT2D eigenvalue weighted by Crippen LogP contribution is 2.36. The molecule has 0 saturated carbocycles. The molecule has 0 aliphatic heterocycles. The fraction of sp³-hybridized carbons (Fsp3) is 0.533. The first-order valence-corrected chi connectivity index (χ1v) is 6.72. The Kier molecular flexibility index (Phi) is 5.45. The standard InChI is InChI=1S/C15H20F3NO3/c1-10(13(20)19(4)9-14(2,3)21)22-12-8-6-5-7-11(12)15(16,17)18/h5-8,10,21H,9H2,1-4H3. The van der Waals surface area contributed by atoms with Crippen LogP contribution >= 0.6 is 0 Å². The summed E-state index contributed by atoms with van der Waals surface area (Å²) in [4.78, 5) is 13.3. The van der Waals surface area contributed by atoms with Gasteiger partial charge in [0.25, 0.3) is 5.91 Å². The zero-order chi connectivity index (χ0) is 17.1. The van der Waals surface area contributed by atoms with Gasteiger partial charge in [0.1, 0.15) is 5.75 Å². The molecule has 124 valence electrons. The predicted molar refractivity (Wildman–Crippen MR) is 75.5 cm³/mol. The van der Waals surface area contributed by atoms with Crippen molar-refractivity contribution in [1.82, 2.24) is 4.90 Å². The first-order chi connectivity index (χ1) is 9.92. The van der Waals surface area contributed by atoms with Crippen molar-refractivity contribution in [2.45, 2.75) is 38.7 Å². The fourth-order valence-corrected chi connectivity index (χ4v) is 2.01. The van der Waals surface area contributed by atoms with E-state index in [2.05, 4.69) is 0 Å². The van der Waals surface area contributed by atoms with E-state index in [4.69, 9.17) is 4.74 Å². The number of nitrogens with zero attached hydrogens (tertiary/aromatic N) is 1. The number of aliphatic hydroxyl groups is 1. The molecule has 0 aliphatic rings. The monoisotopic (exact) mass is 319 g/mol. The Balaban J connectivity index is 2.85. The van der Waals surface area contributed by atoms with Gasteiger partial charge in [0.15, 0.2) is 6.10 Å². The minimum Gasteiger partial charge on any atom is -0.480 e. The van der Waals surface area contributed by atoms with Gasteiger partial charge in [-0.15, -0.1) is 0 Å². The van der Waals surface area contributed by atoms with E-state index in [1.165, 1.54) is 50.9 Å². The number of para-hydroxylation sites is 1. The number of hydrogen-bond acceptors (Lipinski definition) is 3. The number of alkyl halides is 3. The lowest BCUT2D eigenvalue weighted by Crippen LogP contribution is -2.45. The zero-order valence-electron chi connectivity index (χ0n) is 12.9. The van der Waals surface area contributed by atoms with E-state index < -0.39 is 35.1 Å². The summed E-state index contributed by atoms with van der Waals surface area (Å²) in [5, 5.41) is 9.68. The molecule has 1 N–H and O–H groups in total. The van der Waals surface area contributed by atoms with Crippen molar-refractivity contribution in [2.24, 2.45) is 0 Å². The van der Waals surface area contributed by atoms with E-state index >= 15 is 0 Å². The highest BCUT2D eigenvalue weighted by molar-refractivity contribution is 5.80. The Hall–Kier alpha value is -1.76. The normalized spacial score (nSPS) is 13.6. The molecule has 1 atom stereocenters. The molecule has 4 nitrogen and oxygen atoms in total. The second-order valence-corrected chi connectivity index (χ2v) is 5.76. The van der Waals surface area contributed by atoms with E-state index in [0.717, 1.165) is 6.07 Å². The number of carbonyl (C=O) groups is 1. The van der Waals surface area contributed by atoms with Crippen molar-refractivity contribution in [3.8, 4) is 5.75 Å². The van der Waals surface area contributed by atoms with Crippen molar-refractivity contribution in [2.75, 3.05) is 13.6 Å². The van der Waals surface area contributed by atoms with Crippen LogP contribution in [0.3, 0.4) is 0 Å². The van der Waals surface area contributed by atoms with Gasteiger partial charge in [-0.2, -0.15) is 13.2 Å². The van der Waals surface area contributed by atoms with Crippen LogP contribution in [0.15, 0.2) is 24.3 Å². The minimum absolute atomic E-state index is 0.0421. The molecule has 0 heterocycles. The molecule has 7 heteroatoms. The quantitative estimate of drug-likeness (QED) is 0.908. The molecule has 0 fully saturated rings. The average molecular weight is 319 g/mol. The second kappa shape index (κ2) is 6.56. The van der Waals surface area contributed by atoms with E-state index in [9.17, 15) is 23.1 Å². The van der Waals surface area contributed by atoms with Crippen LogP contribution < -0.4 is 4.74 Å². The molecule has 0 aliphatic carbocycles. The summed E-state index contributed by atoms with van der Waals surface area (Å²) in [6.45, 7) is 4.47. The van der Waals surface area contributed by atoms with Crippen LogP contribution in [0, 0.1) is 0 Å². The summed E-state index contributed by atoms with van der Waals surface area (Å²) in [5.74, 6) is -0.911. The first kappa shape index (κ1) is 18.3. The third-order valence-corrected chi connectivity index (χ3v) is 2.84. The topological polar surface area (TPSA) is 49.8 Å². The second-order valence-electron chi connectivity index (χ2n) is 5.76. The number of likely N-dealkylation sites (N-methyl/N-ethyl adjacent to an activating group) is 1. The Labute approximate surface area is 127 Å². The molecule has 0 radical (unpaired) electrons. The van der Waals surface area contributed by atoms with Gasteiger partial charge in [0.2, 0.25) is 0 Å². The molecule has 0 spiro atoms. The van der Waals surface area contributed by atoms with Gasteiger partial charge in [-0.25, -0.2) is 0 Å². The number of amides is 1. The molecule has 0 bridgehead atoms. The van der Waals surface area contributed by atoms with Crippen LogP contribution in [0.1, 0.15) is 26.3 Å². The molecule has 0 saturated heterocycles. The number of hydrogen-bond donors (Lipinski definition) is 1. The van der Waals surface area contributed by atoms with E-state index in [-0.39, 0.29) is 6.54 Å². The van der Waals surface area contributed by atoms with Crippen LogP contribution in [0.2, 0.25) is 0 Å². The van der Waals surface area contributed by atoms with Gasteiger partial charge in [-0.1, -0.05) is 12.1 Å². The van der Waals surface area contributed by atoms with Crippen LogP contribution in [0.5, 0.6) is 5.75 Å². The maximum Gasteiger partial charge on any atom is 0.419 e. The summed E-state index contributed by atoms with van der Waals surface area (Å²) in [6.07, 6.45) is -5.66. The van der Waals surface area contributed by atoms with E-state index in [0.29, 0.717) is 0 Å². The van der Waals surface area contributed by atoms with E-state index in [1.807, 2.05) is 0 Å². The van der Waals surface area contributed by atoms with Gasteiger partial charge in [-0.3, -0.25) is 4.79 Å². The molecule has 22 heavy (non-hydrogen) atoms. The average Bonchev–Trinajstić information content (AvgIpc) is 2.35. The fourth-order valence-electron chi connectivity index (χ4n) is 2.01. The maximum absolute atomic E-state index is 12.9. The molecular formula is C15H20F3NO3. The lowest BCUT2D eigenvalue weighted by Gasteiger charge is -2.28. The number of carbonyl (C=O) groups excluding carboxylic acids is 1. The summed E-state index contributed by atoms with van der Waals surface area (Å²) in [7, 11) is 1.45. The van der Waals surface area contributed by atoms with Crippen molar-refractivity contribution in [1.29, 1.82) is 0 Å². The SMILES string of the molecule is CC(Oc1ccccc1C(F)(F)F)C(=O)N(C)CC(C)(C)O. The van der Waals surface area contributed by atoms with Gasteiger partial charge in [0, 0.05) is 13.6 Å². The lowest BCUT2D eigenvalue weighted by atomic mass is 10.1. The third-order valence-electron chi connectivity index (χ3n) is 2.84. The van der Waals surface area contributed by atoms with Crippen molar-refractivity contribution in [3.05, 3.63) is 29.8 Å². The third kappa shape index (κ3) is 5.22. The highest BCUT2D eigenvalue weighted by atomic mass is 19.4.